The molecule has 2 unspecified atom stereocenters. The lowest BCUT2D eigenvalue weighted by atomic mass is 10.0. The van der Waals surface area contributed by atoms with E-state index in [0.29, 0.717) is 12.2 Å². The largest absolute Gasteiger partial charge is 0.490 e. The highest BCUT2D eigenvalue weighted by Gasteiger charge is 2.38. The van der Waals surface area contributed by atoms with Crippen molar-refractivity contribution in [2.75, 3.05) is 49.9 Å². The van der Waals surface area contributed by atoms with Crippen LogP contribution in [0.15, 0.2) is 16.8 Å². The van der Waals surface area contributed by atoms with Crippen molar-refractivity contribution in [1.82, 2.24) is 10.2 Å². The number of hydrogen-bond acceptors (Lipinski definition) is 13. The average molecular weight is 695 g/mol. The highest BCUT2D eigenvalue weighted by atomic mass is 33.1. The van der Waals surface area contributed by atoms with E-state index in [1.165, 1.54) is 13.8 Å². The zero-order chi connectivity index (χ0) is 32.8. The van der Waals surface area contributed by atoms with Gasteiger partial charge in [0.25, 0.3) is 0 Å². The molecule has 0 radical (unpaired) electrons. The first-order chi connectivity index (χ1) is 20.2. The highest BCUT2D eigenvalue weighted by Crippen LogP contribution is 2.27. The maximum Gasteiger partial charge on any atom is 0.490 e. The Hall–Kier alpha value is -2.15. The number of imide groups is 1. The van der Waals surface area contributed by atoms with E-state index in [9.17, 15) is 32.3 Å². The average Bonchev–Trinajstić information content (AvgIpc) is 3.44. The first-order valence-electron chi connectivity index (χ1n) is 12.8. The summed E-state index contributed by atoms with van der Waals surface area (Å²) < 4.78 is 46.9. The van der Waals surface area contributed by atoms with Gasteiger partial charge in [0, 0.05) is 26.1 Å². The lowest BCUT2D eigenvalue weighted by Crippen LogP contribution is -2.43. The molecule has 0 aliphatic heterocycles. The highest BCUT2D eigenvalue weighted by molar-refractivity contribution is 8.76. The Bertz CT molecular complexity index is 986. The third kappa shape index (κ3) is 20.4. The van der Waals surface area contributed by atoms with Gasteiger partial charge in [-0.25, -0.2) is 14.5 Å². The van der Waals surface area contributed by atoms with E-state index in [1.807, 2.05) is 28.6 Å². The van der Waals surface area contributed by atoms with Crippen molar-refractivity contribution in [2.24, 2.45) is 5.92 Å². The maximum atomic E-state index is 13.4. The number of nitrogens with one attached hydrogen (secondary N) is 1. The van der Waals surface area contributed by atoms with E-state index in [0.717, 1.165) is 35.1 Å². The molecule has 2 atom stereocenters. The molecule has 1 heterocycles. The molecular weight excluding hydrogens is 658 g/mol. The SMILES string of the molecule is CCN(C(=O)OCC(COC(C)=O)OC(C)=O)C(=O)C(CSSCNCCCSC)Cc1ccsc1.O=C(O)C(F)(F)F. The van der Waals surface area contributed by atoms with Crippen LogP contribution in [0.4, 0.5) is 18.0 Å². The summed E-state index contributed by atoms with van der Waals surface area (Å²) in [4.78, 5) is 58.5. The molecule has 18 heteroatoms. The third-order valence-corrected chi connectivity index (χ3v) is 8.59. The Kier molecular flexibility index (Phi) is 22.1. The number of carboxylic acids is 1. The summed E-state index contributed by atoms with van der Waals surface area (Å²) in [6.07, 6.45) is -3.15. The molecule has 246 valence electrons. The number of amides is 2. The van der Waals surface area contributed by atoms with Crippen LogP contribution < -0.4 is 5.32 Å². The molecule has 0 aliphatic carbocycles. The van der Waals surface area contributed by atoms with Crippen molar-refractivity contribution in [1.29, 1.82) is 0 Å². The number of carbonyl (C=O) groups excluding carboxylic acids is 4. The molecule has 0 fully saturated rings. The van der Waals surface area contributed by atoms with Crippen LogP contribution in [0.5, 0.6) is 0 Å². The summed E-state index contributed by atoms with van der Waals surface area (Å²) in [5, 5.41) is 14.5. The second-order valence-corrected chi connectivity index (χ2v) is 12.7. The zero-order valence-electron chi connectivity index (χ0n) is 24.2. The molecule has 2 N–H and O–H groups in total. The van der Waals surface area contributed by atoms with Crippen LogP contribution >= 0.6 is 44.7 Å². The molecule has 0 saturated carbocycles. The van der Waals surface area contributed by atoms with E-state index in [-0.39, 0.29) is 25.7 Å². The van der Waals surface area contributed by atoms with Gasteiger partial charge in [-0.2, -0.15) is 36.3 Å². The van der Waals surface area contributed by atoms with Gasteiger partial charge in [-0.1, -0.05) is 21.6 Å². The van der Waals surface area contributed by atoms with E-state index >= 15 is 0 Å². The summed E-state index contributed by atoms with van der Waals surface area (Å²) >= 11 is 3.38. The number of carbonyl (C=O) groups is 5. The van der Waals surface area contributed by atoms with Gasteiger partial charge < -0.3 is 24.6 Å². The van der Waals surface area contributed by atoms with Gasteiger partial charge in [-0.05, 0) is 60.7 Å². The first kappa shape index (κ1) is 40.9. The number of esters is 2. The molecule has 0 aliphatic rings. The van der Waals surface area contributed by atoms with Crippen molar-refractivity contribution >= 4 is 74.6 Å². The second-order valence-electron chi connectivity index (χ2n) is 8.42. The maximum absolute atomic E-state index is 13.4. The van der Waals surface area contributed by atoms with Crippen LogP contribution in [-0.4, -0.2) is 102 Å². The molecule has 1 aromatic rings. The van der Waals surface area contributed by atoms with Crippen molar-refractivity contribution in [3.8, 4) is 0 Å². The number of halogens is 3. The smallest absolute Gasteiger partial charge is 0.475 e. The molecule has 1 rings (SSSR count). The van der Waals surface area contributed by atoms with E-state index in [4.69, 9.17) is 24.1 Å². The van der Waals surface area contributed by atoms with E-state index < -0.39 is 42.2 Å². The number of ether oxygens (including phenoxy) is 3. The molecule has 0 spiro atoms. The number of thioether (sulfide) groups is 1. The Balaban J connectivity index is 0.00000223. The Labute approximate surface area is 264 Å². The van der Waals surface area contributed by atoms with Crippen LogP contribution in [0, 0.1) is 5.92 Å². The standard InChI is InChI=1S/C23H36N2O7S4.C2HF3O2/c1-5-25(23(29)31-13-21(32-18(3)27)12-30-17(2)26)22(28)20(11-19-7-10-34-14-19)15-35-36-16-24-8-6-9-33-4;3-2(4,5)1(6)7/h7,10,14,20-21,24H,5-6,8-9,11-13,15-16H2,1-4H3;(H,6,7). The van der Waals surface area contributed by atoms with E-state index in [1.54, 1.807) is 39.8 Å². The summed E-state index contributed by atoms with van der Waals surface area (Å²) in [6.45, 7) is 4.62. The van der Waals surface area contributed by atoms with Gasteiger partial charge in [-0.15, -0.1) is 0 Å². The predicted octanol–water partition coefficient (Wildman–Crippen LogP) is 4.70. The molecule has 0 bridgehead atoms. The lowest BCUT2D eigenvalue weighted by Gasteiger charge is -2.25. The van der Waals surface area contributed by atoms with Crippen LogP contribution in [0.3, 0.4) is 0 Å². The van der Waals surface area contributed by atoms with Crippen molar-refractivity contribution in [3.05, 3.63) is 22.4 Å². The molecule has 11 nitrogen and oxygen atoms in total. The van der Waals surface area contributed by atoms with Crippen LogP contribution in [0.25, 0.3) is 0 Å². The van der Waals surface area contributed by atoms with Crippen molar-refractivity contribution in [3.63, 3.8) is 0 Å². The Morgan fingerprint density at radius 2 is 1.74 bits per heavy atom. The number of hydrogen-bond donors (Lipinski definition) is 2. The summed E-state index contributed by atoms with van der Waals surface area (Å²) in [7, 11) is 3.25. The number of nitrogens with zero attached hydrogens (tertiary/aromatic N) is 1. The van der Waals surface area contributed by atoms with Gasteiger partial charge in [0.15, 0.2) is 6.10 Å². The van der Waals surface area contributed by atoms with Gasteiger partial charge in [-0.3, -0.25) is 14.4 Å². The van der Waals surface area contributed by atoms with Crippen molar-refractivity contribution in [2.45, 2.75) is 45.9 Å². The number of rotatable bonds is 18. The molecule has 43 heavy (non-hydrogen) atoms. The fourth-order valence-corrected chi connectivity index (χ4v) is 6.16. The van der Waals surface area contributed by atoms with Gasteiger partial charge in [0.2, 0.25) is 5.91 Å². The van der Waals surface area contributed by atoms with Crippen LogP contribution in [0.2, 0.25) is 0 Å². The third-order valence-electron chi connectivity index (χ3n) is 4.87. The first-order valence-corrected chi connectivity index (χ1v) is 17.6. The Morgan fingerprint density at radius 1 is 1.09 bits per heavy atom. The Morgan fingerprint density at radius 3 is 2.26 bits per heavy atom. The number of thiophene rings is 1. The summed E-state index contributed by atoms with van der Waals surface area (Å²) in [5.41, 5.74) is 1.04. The number of carboxylic acid groups (broad SMARTS) is 1. The summed E-state index contributed by atoms with van der Waals surface area (Å²) in [5.74, 6) is -2.20. The monoisotopic (exact) mass is 694 g/mol. The van der Waals surface area contributed by atoms with Crippen molar-refractivity contribution < 1.29 is 56.5 Å². The molecule has 0 saturated heterocycles. The van der Waals surface area contributed by atoms with Crippen LogP contribution in [-0.2, 0) is 39.8 Å². The normalized spacial score (nSPS) is 12.3. The second kappa shape index (κ2) is 23.3. The van der Waals surface area contributed by atoms with E-state index in [2.05, 4.69) is 11.6 Å². The lowest BCUT2D eigenvalue weighted by molar-refractivity contribution is -0.192. The van der Waals surface area contributed by atoms with Crippen LogP contribution in [0.1, 0.15) is 32.8 Å². The topological polar surface area (TPSA) is 149 Å². The molecule has 1 aromatic heterocycles. The summed E-state index contributed by atoms with van der Waals surface area (Å²) in [6, 6.07) is 1.98. The predicted molar refractivity (Wildman–Crippen MR) is 162 cm³/mol. The van der Waals surface area contributed by atoms with Gasteiger partial charge in [0.05, 0.1) is 11.8 Å². The van der Waals surface area contributed by atoms with Gasteiger partial charge in [0.1, 0.15) is 13.2 Å². The fraction of sp³-hybridized carbons (Fsp3) is 0.640. The fourth-order valence-electron chi connectivity index (χ4n) is 2.94. The number of alkyl halides is 3. The minimum absolute atomic E-state index is 0.134. The minimum atomic E-state index is -5.08. The molecular formula is C25H37F3N2O9S4. The quantitative estimate of drug-likeness (QED) is 0.0720. The molecule has 0 aromatic carbocycles. The molecule has 2 amide bonds. The number of aliphatic carboxylic acids is 1. The minimum Gasteiger partial charge on any atom is -0.475 e. The zero-order valence-corrected chi connectivity index (χ0v) is 27.4. The van der Waals surface area contributed by atoms with Gasteiger partial charge >= 0.3 is 30.2 Å².